The zero-order valence-electron chi connectivity index (χ0n) is 22.9. The van der Waals surface area contributed by atoms with Crippen molar-refractivity contribution in [2.75, 3.05) is 44.2 Å². The predicted octanol–water partition coefficient (Wildman–Crippen LogP) is 2.90. The van der Waals surface area contributed by atoms with Crippen LogP contribution in [-0.4, -0.2) is 74.1 Å². The Bertz CT molecular complexity index is 1800. The molecule has 2 aromatic carbocycles. The number of thiophene rings is 1. The van der Waals surface area contributed by atoms with E-state index >= 15 is 0 Å². The van der Waals surface area contributed by atoms with Crippen molar-refractivity contribution in [1.29, 1.82) is 0 Å². The second-order valence-electron chi connectivity index (χ2n) is 10.3. The number of fused-ring (bicyclic) bond motifs is 3. The van der Waals surface area contributed by atoms with E-state index in [1.165, 1.54) is 4.88 Å². The number of anilines is 1. The summed E-state index contributed by atoms with van der Waals surface area (Å²) in [6.45, 7) is 7.94. The Morgan fingerprint density at radius 1 is 1.10 bits per heavy atom. The fourth-order valence-electron chi connectivity index (χ4n) is 5.23. The summed E-state index contributed by atoms with van der Waals surface area (Å²) in [5, 5.41) is 13.0. The van der Waals surface area contributed by atoms with E-state index in [0.717, 1.165) is 49.4 Å². The van der Waals surface area contributed by atoms with Crippen molar-refractivity contribution >= 4 is 50.3 Å². The maximum absolute atomic E-state index is 13.5. The van der Waals surface area contributed by atoms with Gasteiger partial charge in [-0.25, -0.2) is 13.9 Å². The highest BCUT2D eigenvalue weighted by atomic mass is 32.2. The van der Waals surface area contributed by atoms with Gasteiger partial charge < -0.3 is 10.2 Å². The molecule has 0 spiro atoms. The number of hydrogen-bond acceptors (Lipinski definition) is 8. The first-order chi connectivity index (χ1) is 19.9. The molecule has 4 heterocycles. The van der Waals surface area contributed by atoms with E-state index in [0.29, 0.717) is 28.9 Å². The molecule has 1 unspecified atom stereocenters. The molecular weight excluding hydrogens is 558 g/mol. The average molecular weight is 590 g/mol. The zero-order valence-corrected chi connectivity index (χ0v) is 24.6. The standard InChI is InChI=1S/C29H31N7O3S2/c1-19-5-8-25(20(2)16-19)41(39)29-27-31-28(38)23-7-6-21(17-24(23)36(27)33-32-29)35-13-11-34(12-14-35)18-26(37)30-10-9-22-4-3-15-40-22/h3-8,15-17,33H,9-14,18H2,1-2H3,(H,30,37). The lowest BCUT2D eigenvalue weighted by atomic mass is 10.2. The van der Waals surface area contributed by atoms with Gasteiger partial charge in [0.2, 0.25) is 5.91 Å². The van der Waals surface area contributed by atoms with Gasteiger partial charge in [-0.05, 0) is 61.5 Å². The first-order valence-corrected chi connectivity index (χ1v) is 15.6. The van der Waals surface area contributed by atoms with Crippen molar-refractivity contribution in [2.45, 2.75) is 30.2 Å². The molecule has 0 radical (unpaired) electrons. The Balaban J connectivity index is 1.16. The summed E-state index contributed by atoms with van der Waals surface area (Å²) < 4.78 is 15.1. The number of amides is 1. The smallest absolute Gasteiger partial charge is 0.281 e. The van der Waals surface area contributed by atoms with E-state index in [2.05, 4.69) is 36.5 Å². The second kappa shape index (κ2) is 11.6. The minimum absolute atomic E-state index is 0.0447. The molecule has 1 aliphatic rings. The summed E-state index contributed by atoms with van der Waals surface area (Å²) in [5.74, 6) is 0.0447. The highest BCUT2D eigenvalue weighted by Gasteiger charge is 2.22. The lowest BCUT2D eigenvalue weighted by molar-refractivity contribution is -0.122. The van der Waals surface area contributed by atoms with E-state index < -0.39 is 10.8 Å². The second-order valence-corrected chi connectivity index (χ2v) is 12.7. The molecule has 1 fully saturated rings. The normalized spacial score (nSPS) is 15.0. The minimum atomic E-state index is -1.60. The molecule has 1 aliphatic heterocycles. The third kappa shape index (κ3) is 5.67. The lowest BCUT2D eigenvalue weighted by Crippen LogP contribution is -2.49. The van der Waals surface area contributed by atoms with Gasteiger partial charge in [-0.1, -0.05) is 23.8 Å². The van der Waals surface area contributed by atoms with Crippen LogP contribution in [0.3, 0.4) is 0 Å². The van der Waals surface area contributed by atoms with Crippen LogP contribution in [0.25, 0.3) is 16.6 Å². The largest absolute Gasteiger partial charge is 0.369 e. The van der Waals surface area contributed by atoms with Crippen molar-refractivity contribution in [3.63, 3.8) is 0 Å². The molecule has 41 heavy (non-hydrogen) atoms. The number of aromatic nitrogens is 4. The monoisotopic (exact) mass is 589 g/mol. The maximum atomic E-state index is 13.5. The summed E-state index contributed by atoms with van der Waals surface area (Å²) in [5.41, 5.74) is 3.43. The number of hydrogen-bond donors (Lipinski definition) is 2. The topological polar surface area (TPSA) is 116 Å². The summed E-state index contributed by atoms with van der Waals surface area (Å²) in [6.07, 6.45) is 0.852. The Hall–Kier alpha value is -3.87. The van der Waals surface area contributed by atoms with Crippen LogP contribution in [0.5, 0.6) is 0 Å². The fourth-order valence-corrected chi connectivity index (χ4v) is 7.12. The average Bonchev–Trinajstić information content (AvgIpc) is 3.63. The molecule has 1 atom stereocenters. The summed E-state index contributed by atoms with van der Waals surface area (Å²) >= 11 is 1.70. The van der Waals surface area contributed by atoms with Crippen molar-refractivity contribution in [3.8, 4) is 0 Å². The highest BCUT2D eigenvalue weighted by Crippen LogP contribution is 2.25. The van der Waals surface area contributed by atoms with Crippen LogP contribution < -0.4 is 15.8 Å². The van der Waals surface area contributed by atoms with Crippen LogP contribution in [0.2, 0.25) is 0 Å². The Morgan fingerprint density at radius 3 is 2.68 bits per heavy atom. The molecular formula is C29H31N7O3S2. The molecule has 2 N–H and O–H groups in total. The molecule has 6 rings (SSSR count). The van der Waals surface area contributed by atoms with Gasteiger partial charge >= 0.3 is 0 Å². The third-order valence-electron chi connectivity index (χ3n) is 7.40. The first kappa shape index (κ1) is 27.3. The predicted molar refractivity (Wildman–Crippen MR) is 161 cm³/mol. The van der Waals surface area contributed by atoms with Crippen LogP contribution in [0.15, 0.2) is 68.6 Å². The van der Waals surface area contributed by atoms with E-state index in [4.69, 9.17) is 0 Å². The zero-order chi connectivity index (χ0) is 28.5. The van der Waals surface area contributed by atoms with Crippen LogP contribution in [-0.2, 0) is 22.0 Å². The Morgan fingerprint density at radius 2 is 1.93 bits per heavy atom. The Labute approximate surface area is 243 Å². The van der Waals surface area contributed by atoms with E-state index in [1.807, 2.05) is 55.6 Å². The molecule has 1 amide bonds. The van der Waals surface area contributed by atoms with Gasteiger partial charge in [0.05, 0.1) is 17.4 Å². The van der Waals surface area contributed by atoms with Gasteiger partial charge in [0, 0.05) is 48.2 Å². The number of aromatic amines is 1. The van der Waals surface area contributed by atoms with E-state index in [-0.39, 0.29) is 22.1 Å². The van der Waals surface area contributed by atoms with Crippen LogP contribution >= 0.6 is 11.3 Å². The van der Waals surface area contributed by atoms with Gasteiger partial charge in [-0.2, -0.15) is 4.98 Å². The quantitative estimate of drug-likeness (QED) is 0.286. The summed E-state index contributed by atoms with van der Waals surface area (Å²) in [4.78, 5) is 36.0. The van der Waals surface area contributed by atoms with Crippen molar-refractivity contribution in [2.24, 2.45) is 0 Å². The van der Waals surface area contributed by atoms with Crippen LogP contribution in [0.1, 0.15) is 16.0 Å². The number of carbonyl (C=O) groups is 1. The lowest BCUT2D eigenvalue weighted by Gasteiger charge is -2.35. The summed E-state index contributed by atoms with van der Waals surface area (Å²) in [6, 6.07) is 15.5. The van der Waals surface area contributed by atoms with Crippen LogP contribution in [0.4, 0.5) is 5.69 Å². The molecule has 0 saturated carbocycles. The molecule has 0 bridgehead atoms. The van der Waals surface area contributed by atoms with Crippen molar-refractivity contribution in [3.05, 3.63) is 80.3 Å². The number of nitrogens with one attached hydrogen (secondary N) is 2. The van der Waals surface area contributed by atoms with Gasteiger partial charge in [0.25, 0.3) is 5.56 Å². The SMILES string of the molecule is Cc1ccc(S(=O)c2n[nH]n3c2nc(=O)c2ccc(N4CCN(CC(=O)NCCc5cccs5)CC4)cc23)c(C)c1. The number of carbonyl (C=O) groups excluding carboxylic acids is 1. The Kier molecular flexibility index (Phi) is 7.69. The molecule has 0 aliphatic carbocycles. The maximum Gasteiger partial charge on any atom is 0.281 e. The number of aryl methyl sites for hydroxylation is 2. The van der Waals surface area contributed by atoms with Gasteiger partial charge in [-0.3, -0.25) is 14.5 Å². The summed E-state index contributed by atoms with van der Waals surface area (Å²) in [7, 11) is -1.60. The number of nitrogens with zero attached hydrogens (tertiary/aromatic N) is 5. The van der Waals surface area contributed by atoms with Crippen LogP contribution in [0, 0.1) is 13.8 Å². The fraction of sp³-hybridized carbons (Fsp3) is 0.310. The molecule has 5 aromatic rings. The first-order valence-electron chi connectivity index (χ1n) is 13.5. The van der Waals surface area contributed by atoms with Crippen molar-refractivity contribution in [1.82, 2.24) is 30.0 Å². The van der Waals surface area contributed by atoms with E-state index in [9.17, 15) is 13.8 Å². The minimum Gasteiger partial charge on any atom is -0.369 e. The molecule has 1 saturated heterocycles. The molecule has 3 aromatic heterocycles. The van der Waals surface area contributed by atoms with E-state index in [1.54, 1.807) is 21.9 Å². The molecule has 212 valence electrons. The highest BCUT2D eigenvalue weighted by molar-refractivity contribution is 7.85. The molecule has 10 nitrogen and oxygen atoms in total. The number of rotatable bonds is 8. The van der Waals surface area contributed by atoms with Gasteiger partial charge in [0.15, 0.2) is 10.7 Å². The van der Waals surface area contributed by atoms with Crippen molar-refractivity contribution < 1.29 is 9.00 Å². The number of benzene rings is 2. The third-order valence-corrected chi connectivity index (χ3v) is 9.82. The number of piperazine rings is 1. The van der Waals surface area contributed by atoms with Gasteiger partial charge in [-0.15, -0.1) is 16.4 Å². The molecule has 12 heteroatoms. The van der Waals surface area contributed by atoms with Gasteiger partial charge in [0.1, 0.15) is 10.8 Å². The number of H-pyrrole nitrogens is 1.